The van der Waals surface area contributed by atoms with Crippen LogP contribution < -0.4 is 5.32 Å². The highest BCUT2D eigenvalue weighted by Gasteiger charge is 2.08. The molecule has 2 aromatic carbocycles. The van der Waals surface area contributed by atoms with E-state index >= 15 is 0 Å². The first-order valence-corrected chi connectivity index (χ1v) is 6.14. The minimum absolute atomic E-state index is 0.00109. The summed E-state index contributed by atoms with van der Waals surface area (Å²) in [7, 11) is 0. The number of hydrogen-bond acceptors (Lipinski definition) is 3. The molecule has 2 aromatic rings. The molecule has 0 unspecified atom stereocenters. The molecule has 0 aliphatic heterocycles. The average molecular weight is 286 g/mol. The third-order valence-corrected chi connectivity index (χ3v) is 3.09. The molecule has 0 saturated carbocycles. The normalized spacial score (nSPS) is 9.60. The topological polar surface area (TPSA) is 59.6 Å². The van der Waals surface area contributed by atoms with Gasteiger partial charge in [-0.3, -0.25) is 0 Å². The second-order valence-corrected chi connectivity index (χ2v) is 4.46. The molecule has 20 heavy (non-hydrogen) atoms. The van der Waals surface area contributed by atoms with E-state index < -0.39 is 5.82 Å². The van der Waals surface area contributed by atoms with Gasteiger partial charge in [0.2, 0.25) is 0 Å². The predicted molar refractivity (Wildman–Crippen MR) is 74.6 cm³/mol. The fraction of sp³-hybridized carbons (Fsp3) is 0.0667. The van der Waals surface area contributed by atoms with Crippen molar-refractivity contribution in [1.82, 2.24) is 0 Å². The van der Waals surface area contributed by atoms with Crippen LogP contribution in [-0.4, -0.2) is 0 Å². The Morgan fingerprint density at radius 1 is 1.15 bits per heavy atom. The molecule has 2 rings (SSSR count). The molecule has 0 aliphatic carbocycles. The Balaban J connectivity index is 2.22. The molecule has 98 valence electrons. The quantitative estimate of drug-likeness (QED) is 0.932. The van der Waals surface area contributed by atoms with Gasteiger partial charge in [-0.2, -0.15) is 10.5 Å². The number of rotatable bonds is 3. The molecule has 3 nitrogen and oxygen atoms in total. The van der Waals surface area contributed by atoms with Crippen LogP contribution in [0.1, 0.15) is 16.7 Å². The van der Waals surface area contributed by atoms with Gasteiger partial charge in [-0.25, -0.2) is 4.39 Å². The van der Waals surface area contributed by atoms with Crippen LogP contribution in [-0.2, 0) is 6.54 Å². The maximum atomic E-state index is 13.9. The summed E-state index contributed by atoms with van der Waals surface area (Å²) in [5.74, 6) is -0.546. The fourth-order valence-electron chi connectivity index (χ4n) is 1.72. The third kappa shape index (κ3) is 2.88. The van der Waals surface area contributed by atoms with Crippen LogP contribution in [0.5, 0.6) is 0 Å². The van der Waals surface area contributed by atoms with E-state index in [1.54, 1.807) is 36.4 Å². The summed E-state index contributed by atoms with van der Waals surface area (Å²) >= 11 is 6.00. The van der Waals surface area contributed by atoms with E-state index in [9.17, 15) is 4.39 Å². The van der Waals surface area contributed by atoms with E-state index in [1.165, 1.54) is 6.07 Å². The smallest absolute Gasteiger partial charge is 0.145 e. The van der Waals surface area contributed by atoms with Crippen molar-refractivity contribution < 1.29 is 4.39 Å². The molecular weight excluding hydrogens is 277 g/mol. The summed E-state index contributed by atoms with van der Waals surface area (Å²) < 4.78 is 13.9. The van der Waals surface area contributed by atoms with Crippen LogP contribution >= 0.6 is 11.6 Å². The molecule has 0 spiro atoms. The lowest BCUT2D eigenvalue weighted by Gasteiger charge is -2.10. The molecule has 0 amide bonds. The number of benzene rings is 2. The molecule has 0 bridgehead atoms. The van der Waals surface area contributed by atoms with Gasteiger partial charge in [0.05, 0.1) is 27.9 Å². The largest absolute Gasteiger partial charge is 0.380 e. The lowest BCUT2D eigenvalue weighted by molar-refractivity contribution is 0.609. The first kappa shape index (κ1) is 13.9. The lowest BCUT2D eigenvalue weighted by Crippen LogP contribution is -2.03. The van der Waals surface area contributed by atoms with Gasteiger partial charge < -0.3 is 5.32 Å². The Morgan fingerprint density at radius 3 is 2.65 bits per heavy atom. The van der Waals surface area contributed by atoms with Gasteiger partial charge in [-0.05, 0) is 24.3 Å². The highest BCUT2D eigenvalue weighted by Crippen LogP contribution is 2.24. The number of nitrogens with one attached hydrogen (secondary N) is 1. The van der Waals surface area contributed by atoms with Gasteiger partial charge >= 0.3 is 0 Å². The number of nitrogens with zero attached hydrogens (tertiary/aromatic N) is 2. The second kappa shape index (κ2) is 6.06. The van der Waals surface area contributed by atoms with Gasteiger partial charge in [0.25, 0.3) is 0 Å². The van der Waals surface area contributed by atoms with Crippen molar-refractivity contribution in [2.75, 3.05) is 5.32 Å². The van der Waals surface area contributed by atoms with E-state index in [4.69, 9.17) is 22.1 Å². The number of halogens is 2. The van der Waals surface area contributed by atoms with Crippen molar-refractivity contribution in [2.45, 2.75) is 6.54 Å². The highest BCUT2D eigenvalue weighted by atomic mass is 35.5. The van der Waals surface area contributed by atoms with E-state index in [1.807, 2.05) is 6.07 Å². The Labute approximate surface area is 120 Å². The van der Waals surface area contributed by atoms with Gasteiger partial charge in [-0.15, -0.1) is 0 Å². The molecular formula is C15H9ClFN3. The molecule has 0 radical (unpaired) electrons. The third-order valence-electron chi connectivity index (χ3n) is 2.76. The molecule has 0 fully saturated rings. The lowest BCUT2D eigenvalue weighted by atomic mass is 10.1. The zero-order valence-electron chi connectivity index (χ0n) is 10.3. The van der Waals surface area contributed by atoms with Gasteiger partial charge in [-0.1, -0.05) is 23.7 Å². The summed E-state index contributed by atoms with van der Waals surface area (Å²) in [6, 6.07) is 13.2. The highest BCUT2D eigenvalue weighted by molar-refractivity contribution is 6.33. The van der Waals surface area contributed by atoms with Crippen molar-refractivity contribution in [3.8, 4) is 12.1 Å². The number of anilines is 1. The van der Waals surface area contributed by atoms with Gasteiger partial charge in [0.15, 0.2) is 0 Å². The van der Waals surface area contributed by atoms with Crippen LogP contribution in [0.3, 0.4) is 0 Å². The summed E-state index contributed by atoms with van der Waals surface area (Å²) in [5.41, 5.74) is 1.37. The fourth-order valence-corrected chi connectivity index (χ4v) is 1.91. The maximum absolute atomic E-state index is 13.9. The van der Waals surface area contributed by atoms with Crippen molar-refractivity contribution in [3.63, 3.8) is 0 Å². The molecule has 0 aliphatic rings. The molecule has 5 heteroatoms. The second-order valence-electron chi connectivity index (χ2n) is 4.05. The Hall–Kier alpha value is -2.56. The SMILES string of the molecule is N#Cc1ccc(Cl)c(NCc2cccc(C#N)c2F)c1. The molecule has 1 N–H and O–H groups in total. The van der Waals surface area contributed by atoms with Crippen LogP contribution in [0, 0.1) is 28.5 Å². The van der Waals surface area contributed by atoms with Gasteiger partial charge in [0, 0.05) is 12.1 Å². The van der Waals surface area contributed by atoms with E-state index in [0.717, 1.165) is 0 Å². The van der Waals surface area contributed by atoms with Crippen molar-refractivity contribution in [3.05, 3.63) is 63.9 Å². The van der Waals surface area contributed by atoms with Gasteiger partial charge in [0.1, 0.15) is 11.9 Å². The van der Waals surface area contributed by atoms with E-state index in [0.29, 0.717) is 21.8 Å². The Bertz CT molecular complexity index is 727. The van der Waals surface area contributed by atoms with Crippen molar-refractivity contribution in [2.24, 2.45) is 0 Å². The monoisotopic (exact) mass is 285 g/mol. The molecule has 0 saturated heterocycles. The molecule has 0 heterocycles. The first-order chi connectivity index (χ1) is 9.65. The van der Waals surface area contributed by atoms with E-state index in [2.05, 4.69) is 5.32 Å². The zero-order valence-corrected chi connectivity index (χ0v) is 11.1. The predicted octanol–water partition coefficient (Wildman–Crippen LogP) is 3.83. The standard InChI is InChI=1S/C15H9ClFN3/c16-13-5-4-10(7-18)6-14(13)20-9-12-3-1-2-11(8-19)15(12)17/h1-6,20H,9H2. The summed E-state index contributed by atoms with van der Waals surface area (Å²) in [4.78, 5) is 0. The van der Waals surface area contributed by atoms with Crippen LogP contribution in [0.25, 0.3) is 0 Å². The molecule has 0 aromatic heterocycles. The first-order valence-electron chi connectivity index (χ1n) is 5.76. The van der Waals surface area contributed by atoms with E-state index in [-0.39, 0.29) is 12.1 Å². The summed E-state index contributed by atoms with van der Waals surface area (Å²) in [6.45, 7) is 0.177. The maximum Gasteiger partial charge on any atom is 0.145 e. The summed E-state index contributed by atoms with van der Waals surface area (Å²) in [6.07, 6.45) is 0. The Morgan fingerprint density at radius 2 is 1.95 bits per heavy atom. The number of nitriles is 2. The van der Waals surface area contributed by atoms with Crippen LogP contribution in [0.4, 0.5) is 10.1 Å². The van der Waals surface area contributed by atoms with Crippen molar-refractivity contribution >= 4 is 17.3 Å². The zero-order chi connectivity index (χ0) is 14.5. The minimum Gasteiger partial charge on any atom is -0.380 e. The van der Waals surface area contributed by atoms with Crippen molar-refractivity contribution in [1.29, 1.82) is 10.5 Å². The average Bonchev–Trinajstić information content (AvgIpc) is 2.47. The van der Waals surface area contributed by atoms with Crippen LogP contribution in [0.2, 0.25) is 5.02 Å². The summed E-state index contributed by atoms with van der Waals surface area (Å²) in [5, 5.41) is 21.0. The minimum atomic E-state index is -0.546. The molecule has 0 atom stereocenters. The Kier molecular flexibility index (Phi) is 4.20. The number of hydrogen-bond donors (Lipinski definition) is 1. The van der Waals surface area contributed by atoms with Crippen LogP contribution in [0.15, 0.2) is 36.4 Å².